The highest BCUT2D eigenvalue weighted by Crippen LogP contribution is 2.41. The van der Waals surface area contributed by atoms with Crippen LogP contribution >= 0.6 is 0 Å². The predicted molar refractivity (Wildman–Crippen MR) is 119 cm³/mol. The van der Waals surface area contributed by atoms with Crippen molar-refractivity contribution in [2.45, 2.75) is 32.7 Å². The first-order chi connectivity index (χ1) is 14.6. The van der Waals surface area contributed by atoms with Crippen molar-refractivity contribution in [2.24, 2.45) is 0 Å². The number of nitrogens with zero attached hydrogens (tertiary/aromatic N) is 1. The Balaban J connectivity index is 1.87. The molecule has 1 aliphatic rings. The smallest absolute Gasteiger partial charge is 0.322 e. The molecule has 0 aromatic heterocycles. The molecular formula is C24H30N2O4. The SMILES string of the molecule is C/C=C(/OC)c1cccc(NC(=O)N2CCc3cc(OC)cc(OC)c3C2CC)c1. The quantitative estimate of drug-likeness (QED) is 0.661. The molecule has 6 nitrogen and oxygen atoms in total. The van der Waals surface area contributed by atoms with Crippen LogP contribution in [0.5, 0.6) is 11.5 Å². The second-order valence-corrected chi connectivity index (χ2v) is 7.14. The van der Waals surface area contributed by atoms with E-state index in [0.29, 0.717) is 6.54 Å². The number of hydrogen-bond acceptors (Lipinski definition) is 4. The van der Waals surface area contributed by atoms with Gasteiger partial charge in [-0.25, -0.2) is 4.79 Å². The molecule has 1 heterocycles. The molecule has 0 bridgehead atoms. The summed E-state index contributed by atoms with van der Waals surface area (Å²) in [5, 5.41) is 3.05. The fraction of sp³-hybridized carbons (Fsp3) is 0.375. The first-order valence-corrected chi connectivity index (χ1v) is 10.2. The number of nitrogens with one attached hydrogen (secondary N) is 1. The maximum absolute atomic E-state index is 13.2. The van der Waals surface area contributed by atoms with Crippen molar-refractivity contribution in [3.8, 4) is 11.5 Å². The molecule has 6 heteroatoms. The largest absolute Gasteiger partial charge is 0.497 e. The minimum atomic E-state index is -0.123. The normalized spacial score (nSPS) is 16.0. The second-order valence-electron chi connectivity index (χ2n) is 7.14. The first-order valence-electron chi connectivity index (χ1n) is 10.2. The van der Waals surface area contributed by atoms with Crippen LogP contribution in [0.3, 0.4) is 0 Å². The molecule has 1 atom stereocenters. The van der Waals surface area contributed by atoms with Gasteiger partial charge in [-0.1, -0.05) is 19.1 Å². The van der Waals surface area contributed by atoms with Crippen LogP contribution < -0.4 is 14.8 Å². The van der Waals surface area contributed by atoms with Gasteiger partial charge in [-0.3, -0.25) is 0 Å². The second kappa shape index (κ2) is 9.57. The van der Waals surface area contributed by atoms with Crippen LogP contribution in [0.25, 0.3) is 5.76 Å². The molecular weight excluding hydrogens is 380 g/mol. The van der Waals surface area contributed by atoms with Gasteiger partial charge in [-0.15, -0.1) is 0 Å². The van der Waals surface area contributed by atoms with Gasteiger partial charge in [0.05, 0.1) is 27.4 Å². The zero-order chi connectivity index (χ0) is 21.7. The summed E-state index contributed by atoms with van der Waals surface area (Å²) in [5.74, 6) is 2.30. The molecule has 0 aliphatic carbocycles. The molecule has 0 spiro atoms. The Morgan fingerprint density at radius 3 is 2.63 bits per heavy atom. The Bertz CT molecular complexity index is 922. The number of anilines is 1. The van der Waals surface area contributed by atoms with Gasteiger partial charge in [-0.05, 0) is 49.6 Å². The summed E-state index contributed by atoms with van der Waals surface area (Å²) in [6.45, 7) is 4.64. The zero-order valence-electron chi connectivity index (χ0n) is 18.3. The third-order valence-corrected chi connectivity index (χ3v) is 5.52. The Morgan fingerprint density at radius 2 is 2.00 bits per heavy atom. The summed E-state index contributed by atoms with van der Waals surface area (Å²) in [5.41, 5.74) is 3.88. The van der Waals surface area contributed by atoms with E-state index in [-0.39, 0.29) is 12.1 Å². The number of allylic oxidation sites excluding steroid dienone is 1. The minimum absolute atomic E-state index is 0.0668. The molecule has 0 fully saturated rings. The lowest BCUT2D eigenvalue weighted by atomic mass is 9.90. The molecule has 2 amide bonds. The first kappa shape index (κ1) is 21.6. The highest BCUT2D eigenvalue weighted by molar-refractivity contribution is 5.90. The van der Waals surface area contributed by atoms with Crippen LogP contribution in [0.4, 0.5) is 10.5 Å². The number of ether oxygens (including phenoxy) is 3. The van der Waals surface area contributed by atoms with Gasteiger partial charge < -0.3 is 24.4 Å². The van der Waals surface area contributed by atoms with Gasteiger partial charge >= 0.3 is 6.03 Å². The molecule has 1 aliphatic heterocycles. The average Bonchev–Trinajstić information content (AvgIpc) is 2.78. The lowest BCUT2D eigenvalue weighted by molar-refractivity contribution is 0.178. The summed E-state index contributed by atoms with van der Waals surface area (Å²) in [4.78, 5) is 15.1. The van der Waals surface area contributed by atoms with Gasteiger partial charge in [0.2, 0.25) is 0 Å². The average molecular weight is 411 g/mol. The third-order valence-electron chi connectivity index (χ3n) is 5.52. The fourth-order valence-electron chi connectivity index (χ4n) is 4.10. The number of fused-ring (bicyclic) bond motifs is 1. The molecule has 30 heavy (non-hydrogen) atoms. The minimum Gasteiger partial charge on any atom is -0.497 e. The zero-order valence-corrected chi connectivity index (χ0v) is 18.3. The van der Waals surface area contributed by atoms with Crippen molar-refractivity contribution in [1.29, 1.82) is 0 Å². The number of carbonyl (C=O) groups excluding carboxylic acids is 1. The number of urea groups is 1. The van der Waals surface area contributed by atoms with E-state index in [4.69, 9.17) is 14.2 Å². The maximum atomic E-state index is 13.2. The molecule has 2 aromatic carbocycles. The molecule has 0 saturated carbocycles. The highest BCUT2D eigenvalue weighted by atomic mass is 16.5. The molecule has 3 rings (SSSR count). The van der Waals surface area contributed by atoms with Crippen LogP contribution in [-0.2, 0) is 11.2 Å². The van der Waals surface area contributed by atoms with Gasteiger partial charge in [0.1, 0.15) is 17.3 Å². The van der Waals surface area contributed by atoms with E-state index in [2.05, 4.69) is 12.2 Å². The van der Waals surface area contributed by atoms with Crippen molar-refractivity contribution in [2.75, 3.05) is 33.2 Å². The van der Waals surface area contributed by atoms with E-state index in [1.165, 1.54) is 5.56 Å². The third kappa shape index (κ3) is 4.22. The number of benzene rings is 2. The summed E-state index contributed by atoms with van der Waals surface area (Å²) >= 11 is 0. The summed E-state index contributed by atoms with van der Waals surface area (Å²) in [7, 11) is 4.94. The fourth-order valence-corrected chi connectivity index (χ4v) is 4.10. The van der Waals surface area contributed by atoms with E-state index < -0.39 is 0 Å². The van der Waals surface area contributed by atoms with Gasteiger partial charge in [-0.2, -0.15) is 0 Å². The van der Waals surface area contributed by atoms with Crippen molar-refractivity contribution in [1.82, 2.24) is 4.90 Å². The van der Waals surface area contributed by atoms with Crippen LogP contribution in [0.15, 0.2) is 42.5 Å². The van der Waals surface area contributed by atoms with E-state index in [9.17, 15) is 4.79 Å². The predicted octanol–water partition coefficient (Wildman–Crippen LogP) is 5.25. The number of hydrogen-bond donors (Lipinski definition) is 1. The molecule has 1 unspecified atom stereocenters. The maximum Gasteiger partial charge on any atom is 0.322 e. The van der Waals surface area contributed by atoms with Gasteiger partial charge in [0.25, 0.3) is 0 Å². The van der Waals surface area contributed by atoms with Crippen molar-refractivity contribution in [3.63, 3.8) is 0 Å². The standard InChI is InChI=1S/C24H30N2O4/c1-6-20-23-17(14-19(28-3)15-22(23)30-5)11-12-26(20)24(27)25-18-10-8-9-16(13-18)21(7-2)29-4/h7-10,13-15,20H,6,11-12H2,1-5H3,(H,25,27)/b21-7+. The lowest BCUT2D eigenvalue weighted by Gasteiger charge is -2.37. The van der Waals surface area contributed by atoms with Crippen LogP contribution in [0.1, 0.15) is 43.0 Å². The van der Waals surface area contributed by atoms with E-state index >= 15 is 0 Å². The number of methoxy groups -OCH3 is 3. The Hall–Kier alpha value is -3.15. The lowest BCUT2D eigenvalue weighted by Crippen LogP contribution is -2.42. The Morgan fingerprint density at radius 1 is 1.20 bits per heavy atom. The molecule has 160 valence electrons. The molecule has 1 N–H and O–H groups in total. The Labute approximate surface area is 178 Å². The van der Waals surface area contributed by atoms with Crippen LogP contribution in [0.2, 0.25) is 0 Å². The van der Waals surface area contributed by atoms with E-state index in [1.54, 1.807) is 21.3 Å². The molecule has 0 saturated heterocycles. The number of amides is 2. The number of carbonyl (C=O) groups is 1. The molecule has 2 aromatic rings. The van der Waals surface area contributed by atoms with Crippen molar-refractivity contribution < 1.29 is 19.0 Å². The highest BCUT2D eigenvalue weighted by Gasteiger charge is 2.32. The van der Waals surface area contributed by atoms with E-state index in [1.807, 2.05) is 54.3 Å². The van der Waals surface area contributed by atoms with Gasteiger partial charge in [0, 0.05) is 29.4 Å². The summed E-state index contributed by atoms with van der Waals surface area (Å²) in [6, 6.07) is 11.4. The summed E-state index contributed by atoms with van der Waals surface area (Å²) in [6.07, 6.45) is 3.44. The van der Waals surface area contributed by atoms with Gasteiger partial charge in [0.15, 0.2) is 0 Å². The van der Waals surface area contributed by atoms with Crippen molar-refractivity contribution in [3.05, 3.63) is 59.2 Å². The van der Waals surface area contributed by atoms with Crippen molar-refractivity contribution >= 4 is 17.5 Å². The van der Waals surface area contributed by atoms with Crippen LogP contribution in [0, 0.1) is 0 Å². The topological polar surface area (TPSA) is 60.0 Å². The Kier molecular flexibility index (Phi) is 6.87. The van der Waals surface area contributed by atoms with E-state index in [0.717, 1.165) is 46.9 Å². The summed E-state index contributed by atoms with van der Waals surface area (Å²) < 4.78 is 16.4. The van der Waals surface area contributed by atoms with Crippen LogP contribution in [-0.4, -0.2) is 38.8 Å². The number of rotatable bonds is 6. The monoisotopic (exact) mass is 410 g/mol. The molecule has 0 radical (unpaired) electrons.